The maximum atomic E-state index is 11.0. The van der Waals surface area contributed by atoms with E-state index in [9.17, 15) is 19.8 Å². The van der Waals surface area contributed by atoms with E-state index >= 15 is 0 Å². The monoisotopic (exact) mass is 291 g/mol. The van der Waals surface area contributed by atoms with Crippen molar-refractivity contribution < 1.29 is 29.6 Å². The summed E-state index contributed by atoms with van der Waals surface area (Å²) >= 11 is 1.04. The normalized spacial score (nSPS) is 31.8. The molecule has 0 aliphatic heterocycles. The zero-order valence-corrected chi connectivity index (χ0v) is 11.2. The first-order chi connectivity index (χ1) is 8.74. The van der Waals surface area contributed by atoms with Gasteiger partial charge in [0, 0.05) is 12.7 Å². The molecule has 3 unspecified atom stereocenters. The molecule has 0 spiro atoms. The summed E-state index contributed by atoms with van der Waals surface area (Å²) in [6.07, 6.45) is 1.88. The fraction of sp³-hybridized carbons (Fsp3) is 0.636. The van der Waals surface area contributed by atoms with E-state index in [-0.39, 0.29) is 12.2 Å². The van der Waals surface area contributed by atoms with Gasteiger partial charge in [-0.15, -0.1) is 11.8 Å². The topological polar surface area (TPSA) is 130 Å². The number of thioether (sulfide) groups is 1. The first-order valence-corrected chi connectivity index (χ1v) is 6.69. The highest BCUT2D eigenvalue weighted by Crippen LogP contribution is 2.34. The Labute approximate surface area is 114 Å². The molecular weight excluding hydrogens is 274 g/mol. The Kier molecular flexibility index (Phi) is 5.36. The second-order valence-electron chi connectivity index (χ2n) is 4.27. The predicted octanol–water partition coefficient (Wildman–Crippen LogP) is -0.927. The van der Waals surface area contributed by atoms with E-state index in [0.29, 0.717) is 0 Å². The number of esters is 1. The third-order valence-electron chi connectivity index (χ3n) is 2.58. The molecular formula is C11H17NO6S. The van der Waals surface area contributed by atoms with Gasteiger partial charge < -0.3 is 25.8 Å². The highest BCUT2D eigenvalue weighted by Gasteiger charge is 2.42. The van der Waals surface area contributed by atoms with Gasteiger partial charge in [0.25, 0.3) is 0 Å². The molecule has 7 nitrogen and oxygen atoms in total. The molecule has 5 N–H and O–H groups in total. The molecule has 1 aliphatic carbocycles. The molecule has 0 fully saturated rings. The van der Waals surface area contributed by atoms with Crippen molar-refractivity contribution in [3.05, 3.63) is 12.2 Å². The Morgan fingerprint density at radius 2 is 2.26 bits per heavy atom. The lowest BCUT2D eigenvalue weighted by Gasteiger charge is -2.36. The zero-order valence-electron chi connectivity index (χ0n) is 10.4. The predicted molar refractivity (Wildman–Crippen MR) is 68.3 cm³/mol. The summed E-state index contributed by atoms with van der Waals surface area (Å²) in [6, 6.07) is -1.09. The van der Waals surface area contributed by atoms with Crippen LogP contribution in [-0.4, -0.2) is 56.2 Å². The van der Waals surface area contributed by atoms with E-state index in [1.54, 1.807) is 0 Å². The van der Waals surface area contributed by atoms with E-state index < -0.39 is 35.1 Å². The minimum Gasteiger partial charge on any atom is -0.480 e. The summed E-state index contributed by atoms with van der Waals surface area (Å²) in [5.41, 5.74) is 5.37. The van der Waals surface area contributed by atoms with Crippen LogP contribution in [0, 0.1) is 0 Å². The molecule has 0 aromatic rings. The van der Waals surface area contributed by atoms with E-state index in [2.05, 4.69) is 0 Å². The van der Waals surface area contributed by atoms with Crippen LogP contribution in [0.25, 0.3) is 0 Å². The van der Waals surface area contributed by atoms with Crippen LogP contribution in [0.5, 0.6) is 0 Å². The van der Waals surface area contributed by atoms with E-state index in [1.807, 2.05) is 0 Å². The Morgan fingerprint density at radius 1 is 1.63 bits per heavy atom. The lowest BCUT2D eigenvalue weighted by molar-refractivity contribution is -0.190. The molecule has 19 heavy (non-hydrogen) atoms. The molecule has 0 amide bonds. The number of carbonyl (C=O) groups is 2. The standard InChI is InChI=1S/C11H17NO6S/c1-6(13)18-11(17)3-2-7(14)4-9(11)19-5-8(12)10(15)16/h2-3,7-9,14,17H,4-5,12H2,1H3,(H,15,16)/t7?,8-,9?,11?/m0/s1. The number of nitrogens with two attached hydrogens (primary N) is 1. The first kappa shape index (κ1) is 16.0. The smallest absolute Gasteiger partial charge is 0.321 e. The van der Waals surface area contributed by atoms with Gasteiger partial charge in [-0.25, -0.2) is 0 Å². The molecule has 108 valence electrons. The Hall–Kier alpha value is -1.09. The Balaban J connectivity index is 2.73. The second kappa shape index (κ2) is 6.38. The number of hydrogen-bond donors (Lipinski definition) is 4. The van der Waals surface area contributed by atoms with Crippen LogP contribution in [0.2, 0.25) is 0 Å². The van der Waals surface area contributed by atoms with Gasteiger partial charge in [-0.2, -0.15) is 0 Å². The number of carboxylic acid groups (broad SMARTS) is 1. The van der Waals surface area contributed by atoms with Gasteiger partial charge in [-0.1, -0.05) is 6.08 Å². The third kappa shape index (κ3) is 4.50. The lowest BCUT2D eigenvalue weighted by Crippen LogP contribution is -2.47. The maximum absolute atomic E-state index is 11.0. The van der Waals surface area contributed by atoms with Gasteiger partial charge in [-0.3, -0.25) is 9.59 Å². The fourth-order valence-corrected chi connectivity index (χ4v) is 2.91. The van der Waals surface area contributed by atoms with E-state index in [4.69, 9.17) is 15.6 Å². The molecule has 0 saturated heterocycles. The van der Waals surface area contributed by atoms with Gasteiger partial charge in [0.15, 0.2) is 0 Å². The highest BCUT2D eigenvalue weighted by molar-refractivity contribution is 8.00. The van der Waals surface area contributed by atoms with Gasteiger partial charge in [0.05, 0.1) is 11.4 Å². The SMILES string of the molecule is CC(=O)OC1(O)C=CC(O)CC1SC[C@H](N)C(=O)O. The average molecular weight is 291 g/mol. The number of aliphatic carboxylic acids is 1. The lowest BCUT2D eigenvalue weighted by atomic mass is 9.99. The molecule has 1 rings (SSSR count). The van der Waals surface area contributed by atoms with Crippen molar-refractivity contribution in [3.63, 3.8) is 0 Å². The molecule has 0 aromatic carbocycles. The van der Waals surface area contributed by atoms with Gasteiger partial charge >= 0.3 is 11.9 Å². The van der Waals surface area contributed by atoms with Crippen LogP contribution < -0.4 is 5.73 Å². The summed E-state index contributed by atoms with van der Waals surface area (Å²) in [5, 5.41) is 27.8. The van der Waals surface area contributed by atoms with Crippen molar-refractivity contribution in [1.29, 1.82) is 0 Å². The van der Waals surface area contributed by atoms with E-state index in [1.165, 1.54) is 12.2 Å². The van der Waals surface area contributed by atoms with Crippen molar-refractivity contribution in [2.75, 3.05) is 5.75 Å². The van der Waals surface area contributed by atoms with Crippen LogP contribution in [-0.2, 0) is 14.3 Å². The van der Waals surface area contributed by atoms with Crippen molar-refractivity contribution in [1.82, 2.24) is 0 Å². The number of hydrogen-bond acceptors (Lipinski definition) is 7. The Bertz CT molecular complexity index is 387. The van der Waals surface area contributed by atoms with Gasteiger partial charge in [-0.05, 0) is 12.5 Å². The van der Waals surface area contributed by atoms with Gasteiger partial charge in [0.1, 0.15) is 6.04 Å². The summed E-state index contributed by atoms with van der Waals surface area (Å²) < 4.78 is 4.84. The molecule has 0 radical (unpaired) electrons. The zero-order chi connectivity index (χ0) is 14.6. The highest BCUT2D eigenvalue weighted by atomic mass is 32.2. The van der Waals surface area contributed by atoms with Crippen LogP contribution >= 0.6 is 11.8 Å². The second-order valence-corrected chi connectivity index (χ2v) is 5.51. The summed E-state index contributed by atoms with van der Waals surface area (Å²) in [7, 11) is 0. The number of ether oxygens (including phenoxy) is 1. The number of carboxylic acids is 1. The third-order valence-corrected chi connectivity index (χ3v) is 4.06. The number of aliphatic hydroxyl groups excluding tert-OH is 1. The van der Waals surface area contributed by atoms with Crippen LogP contribution in [0.1, 0.15) is 13.3 Å². The van der Waals surface area contributed by atoms with Gasteiger partial charge in [0.2, 0.25) is 5.79 Å². The molecule has 8 heteroatoms. The van der Waals surface area contributed by atoms with E-state index in [0.717, 1.165) is 18.7 Å². The number of rotatable bonds is 5. The maximum Gasteiger partial charge on any atom is 0.321 e. The first-order valence-electron chi connectivity index (χ1n) is 5.64. The molecule has 1 aliphatic rings. The molecule has 0 aromatic heterocycles. The van der Waals surface area contributed by atoms with Crippen molar-refractivity contribution in [2.45, 2.75) is 36.5 Å². The van der Waals surface area contributed by atoms with Crippen molar-refractivity contribution in [2.24, 2.45) is 5.73 Å². The van der Waals surface area contributed by atoms with Crippen molar-refractivity contribution >= 4 is 23.7 Å². The van der Waals surface area contributed by atoms with Crippen LogP contribution in [0.3, 0.4) is 0 Å². The summed E-state index contributed by atoms with van der Waals surface area (Å²) in [4.78, 5) is 21.6. The minimum atomic E-state index is -1.85. The average Bonchev–Trinajstić information content (AvgIpc) is 2.29. The largest absolute Gasteiger partial charge is 0.480 e. The number of aliphatic hydroxyl groups is 2. The quantitative estimate of drug-likeness (QED) is 0.290. The summed E-state index contributed by atoms with van der Waals surface area (Å²) in [6.45, 7) is 1.15. The molecule has 0 heterocycles. The molecule has 4 atom stereocenters. The Morgan fingerprint density at radius 3 is 2.79 bits per heavy atom. The number of carbonyl (C=O) groups excluding carboxylic acids is 1. The summed E-state index contributed by atoms with van der Waals surface area (Å²) in [5.74, 6) is -3.65. The molecule has 0 bridgehead atoms. The van der Waals surface area contributed by atoms with Crippen LogP contribution in [0.4, 0.5) is 0 Å². The van der Waals surface area contributed by atoms with Crippen LogP contribution in [0.15, 0.2) is 12.2 Å². The van der Waals surface area contributed by atoms with Crippen molar-refractivity contribution in [3.8, 4) is 0 Å². The fourth-order valence-electron chi connectivity index (χ4n) is 1.63. The molecule has 0 saturated carbocycles. The minimum absolute atomic E-state index is 0.0319.